The molecule has 0 amide bonds. The highest BCUT2D eigenvalue weighted by Crippen LogP contribution is 2.29. The second-order valence-corrected chi connectivity index (χ2v) is 6.46. The van der Waals surface area contributed by atoms with Crippen LogP contribution in [0.3, 0.4) is 0 Å². The van der Waals surface area contributed by atoms with Gasteiger partial charge < -0.3 is 15.8 Å². The van der Waals surface area contributed by atoms with Crippen molar-refractivity contribution in [3.8, 4) is 5.88 Å². The molecule has 0 aliphatic heterocycles. The van der Waals surface area contributed by atoms with Crippen LogP contribution in [-0.2, 0) is 6.54 Å². The van der Waals surface area contributed by atoms with Crippen LogP contribution in [0.2, 0.25) is 0 Å². The molecule has 0 spiro atoms. The van der Waals surface area contributed by atoms with E-state index in [-0.39, 0.29) is 24.0 Å². The summed E-state index contributed by atoms with van der Waals surface area (Å²) in [4.78, 5) is 8.63. The summed E-state index contributed by atoms with van der Waals surface area (Å²) in [6.45, 7) is 5.37. The van der Waals surface area contributed by atoms with E-state index >= 15 is 0 Å². The third kappa shape index (κ3) is 6.53. The number of aromatic nitrogens is 1. The number of nitrogens with zero attached hydrogens (tertiary/aromatic N) is 2. The van der Waals surface area contributed by atoms with Gasteiger partial charge in [-0.05, 0) is 67.5 Å². The second kappa shape index (κ2) is 9.03. The van der Waals surface area contributed by atoms with Crippen molar-refractivity contribution >= 4 is 35.6 Å². The maximum absolute atomic E-state index is 5.99. The largest absolute Gasteiger partial charge is 0.477 e. The third-order valence-corrected chi connectivity index (χ3v) is 3.89. The number of anilines is 1. The number of pyridine rings is 1. The van der Waals surface area contributed by atoms with Crippen LogP contribution in [0, 0.1) is 19.8 Å². The minimum Gasteiger partial charge on any atom is -0.477 e. The Morgan fingerprint density at radius 1 is 1.24 bits per heavy atom. The monoisotopic (exact) mass is 452 g/mol. The van der Waals surface area contributed by atoms with Gasteiger partial charge in [-0.25, -0.2) is 9.98 Å². The fourth-order valence-corrected chi connectivity index (χ4v) is 2.53. The summed E-state index contributed by atoms with van der Waals surface area (Å²) in [7, 11) is 0. The topological polar surface area (TPSA) is 72.5 Å². The molecule has 1 fully saturated rings. The van der Waals surface area contributed by atoms with Crippen molar-refractivity contribution in [3.63, 3.8) is 0 Å². The minimum absolute atomic E-state index is 0. The molecule has 25 heavy (non-hydrogen) atoms. The molecule has 2 aromatic rings. The van der Waals surface area contributed by atoms with Crippen molar-refractivity contribution in [2.75, 3.05) is 11.9 Å². The molecule has 1 aromatic carbocycles. The Kier molecular flexibility index (Phi) is 7.04. The predicted molar refractivity (Wildman–Crippen MR) is 113 cm³/mol. The van der Waals surface area contributed by atoms with Crippen molar-refractivity contribution in [3.05, 3.63) is 53.2 Å². The molecule has 0 bridgehead atoms. The lowest BCUT2D eigenvalue weighted by atomic mass is 10.1. The molecule has 6 heteroatoms. The van der Waals surface area contributed by atoms with Gasteiger partial charge in [0.05, 0.1) is 13.2 Å². The Hall–Kier alpha value is -1.83. The number of ether oxygens (including phenoxy) is 1. The van der Waals surface area contributed by atoms with Gasteiger partial charge in [-0.3, -0.25) is 0 Å². The lowest BCUT2D eigenvalue weighted by molar-refractivity contribution is 0.288. The molecule has 0 radical (unpaired) electrons. The van der Waals surface area contributed by atoms with Gasteiger partial charge in [0.2, 0.25) is 5.88 Å². The van der Waals surface area contributed by atoms with Crippen molar-refractivity contribution in [2.45, 2.75) is 33.2 Å². The molecular weight excluding hydrogens is 427 g/mol. The van der Waals surface area contributed by atoms with Crippen molar-refractivity contribution in [1.29, 1.82) is 0 Å². The summed E-state index contributed by atoms with van der Waals surface area (Å²) < 4.78 is 5.69. The van der Waals surface area contributed by atoms with E-state index in [0.29, 0.717) is 24.3 Å². The van der Waals surface area contributed by atoms with E-state index < -0.39 is 0 Å². The maximum atomic E-state index is 5.99. The SMILES string of the molecule is Cc1cc(C)cc(NC(N)=NCc2ccnc(OCC3CC3)c2)c1.I. The number of nitrogens with one attached hydrogen (secondary N) is 1. The summed E-state index contributed by atoms with van der Waals surface area (Å²) in [6, 6.07) is 10.1. The molecular formula is C19H25IN4O. The number of hydrogen-bond acceptors (Lipinski definition) is 3. The van der Waals surface area contributed by atoms with Crippen LogP contribution in [0.25, 0.3) is 0 Å². The lowest BCUT2D eigenvalue weighted by Crippen LogP contribution is -2.22. The zero-order chi connectivity index (χ0) is 16.9. The molecule has 134 valence electrons. The predicted octanol–water partition coefficient (Wildman–Crippen LogP) is 4.03. The van der Waals surface area contributed by atoms with Crippen molar-refractivity contribution < 1.29 is 4.74 Å². The van der Waals surface area contributed by atoms with Crippen molar-refractivity contribution in [2.24, 2.45) is 16.6 Å². The summed E-state index contributed by atoms with van der Waals surface area (Å²) >= 11 is 0. The van der Waals surface area contributed by atoms with E-state index in [9.17, 15) is 0 Å². The first kappa shape index (κ1) is 19.5. The Labute approximate surface area is 166 Å². The van der Waals surface area contributed by atoms with E-state index in [0.717, 1.165) is 17.9 Å². The molecule has 0 atom stereocenters. The molecule has 1 heterocycles. The highest BCUT2D eigenvalue weighted by atomic mass is 127. The van der Waals surface area contributed by atoms with Crippen LogP contribution < -0.4 is 15.8 Å². The third-order valence-electron chi connectivity index (χ3n) is 3.89. The van der Waals surface area contributed by atoms with E-state index in [2.05, 4.69) is 35.2 Å². The number of aliphatic imine (C=N–C) groups is 1. The number of guanidine groups is 1. The molecule has 5 nitrogen and oxygen atoms in total. The molecule has 1 aliphatic carbocycles. The zero-order valence-corrected chi connectivity index (χ0v) is 17.0. The fraction of sp³-hybridized carbons (Fsp3) is 0.368. The van der Waals surface area contributed by atoms with Crippen LogP contribution >= 0.6 is 24.0 Å². The smallest absolute Gasteiger partial charge is 0.213 e. The normalized spacial score (nSPS) is 13.9. The van der Waals surface area contributed by atoms with Crippen LogP contribution in [0.4, 0.5) is 5.69 Å². The molecule has 3 rings (SSSR count). The molecule has 1 saturated carbocycles. The number of rotatable bonds is 6. The maximum Gasteiger partial charge on any atom is 0.213 e. The molecule has 0 saturated heterocycles. The van der Waals surface area contributed by atoms with Crippen LogP contribution in [0.15, 0.2) is 41.5 Å². The number of nitrogens with two attached hydrogens (primary N) is 1. The van der Waals surface area contributed by atoms with E-state index in [1.807, 2.05) is 24.3 Å². The number of hydrogen-bond donors (Lipinski definition) is 2. The minimum atomic E-state index is 0. The quantitative estimate of drug-likeness (QED) is 0.395. The van der Waals surface area contributed by atoms with E-state index in [4.69, 9.17) is 10.5 Å². The Bertz CT molecular complexity index is 724. The van der Waals surface area contributed by atoms with Gasteiger partial charge in [0, 0.05) is 18.0 Å². The average molecular weight is 452 g/mol. The molecule has 3 N–H and O–H groups in total. The van der Waals surface area contributed by atoms with Crippen molar-refractivity contribution in [1.82, 2.24) is 4.98 Å². The first-order valence-electron chi connectivity index (χ1n) is 8.31. The Morgan fingerprint density at radius 3 is 2.64 bits per heavy atom. The van der Waals surface area contributed by atoms with E-state index in [1.165, 1.54) is 24.0 Å². The first-order valence-corrected chi connectivity index (χ1v) is 8.31. The van der Waals surface area contributed by atoms with Crippen LogP contribution in [0.5, 0.6) is 5.88 Å². The van der Waals surface area contributed by atoms with Gasteiger partial charge in [-0.15, -0.1) is 24.0 Å². The second-order valence-electron chi connectivity index (χ2n) is 6.46. The summed E-state index contributed by atoms with van der Waals surface area (Å²) in [5, 5.41) is 3.14. The van der Waals surface area contributed by atoms with Gasteiger partial charge in [-0.2, -0.15) is 0 Å². The summed E-state index contributed by atoms with van der Waals surface area (Å²) in [5.41, 5.74) is 10.4. The van der Waals surface area contributed by atoms with Gasteiger partial charge in [0.15, 0.2) is 5.96 Å². The Balaban J connectivity index is 0.00000225. The average Bonchev–Trinajstić information content (AvgIpc) is 3.35. The molecule has 1 aliphatic rings. The van der Waals surface area contributed by atoms with Crippen LogP contribution in [0.1, 0.15) is 29.5 Å². The Morgan fingerprint density at radius 2 is 1.96 bits per heavy atom. The van der Waals surface area contributed by atoms with Gasteiger partial charge >= 0.3 is 0 Å². The van der Waals surface area contributed by atoms with Gasteiger partial charge in [0.25, 0.3) is 0 Å². The molecule has 0 unspecified atom stereocenters. The standard InChI is InChI=1S/C19H24N4O.HI/c1-13-7-14(2)9-17(8-13)23-19(20)22-11-16-5-6-21-18(10-16)24-12-15-3-4-15;/h5-10,15H,3-4,11-12H2,1-2H3,(H3,20,22,23);1H. The van der Waals surface area contributed by atoms with Gasteiger partial charge in [-0.1, -0.05) is 6.07 Å². The number of halogens is 1. The highest BCUT2D eigenvalue weighted by Gasteiger charge is 2.22. The van der Waals surface area contributed by atoms with Gasteiger partial charge in [0.1, 0.15) is 0 Å². The first-order chi connectivity index (χ1) is 11.6. The summed E-state index contributed by atoms with van der Waals surface area (Å²) in [6.07, 6.45) is 4.29. The van der Waals surface area contributed by atoms with E-state index in [1.54, 1.807) is 6.20 Å². The fourth-order valence-electron chi connectivity index (χ4n) is 2.53. The number of benzene rings is 1. The summed E-state index contributed by atoms with van der Waals surface area (Å²) in [5.74, 6) is 1.78. The van der Waals surface area contributed by atoms with Crippen LogP contribution in [-0.4, -0.2) is 17.6 Å². The number of aryl methyl sites for hydroxylation is 2. The highest BCUT2D eigenvalue weighted by molar-refractivity contribution is 14.0. The zero-order valence-electron chi connectivity index (χ0n) is 14.7. The molecule has 1 aromatic heterocycles. The lowest BCUT2D eigenvalue weighted by Gasteiger charge is -2.08.